The van der Waals surface area contributed by atoms with Crippen LogP contribution >= 0.6 is 0 Å². The van der Waals surface area contributed by atoms with E-state index < -0.39 is 0 Å². The molecule has 3 N–H and O–H groups in total. The van der Waals surface area contributed by atoms with Gasteiger partial charge in [-0.1, -0.05) is 0 Å². The third-order valence-corrected chi connectivity index (χ3v) is 3.86. The molecule has 0 aliphatic carbocycles. The van der Waals surface area contributed by atoms with E-state index in [1.54, 1.807) is 0 Å². The Kier molecular flexibility index (Phi) is 3.87. The van der Waals surface area contributed by atoms with E-state index >= 15 is 0 Å². The molecule has 19 heavy (non-hydrogen) atoms. The Balaban J connectivity index is 1.93. The van der Waals surface area contributed by atoms with Crippen LogP contribution in [0.15, 0.2) is 0 Å². The maximum Gasteiger partial charge on any atom is 0.227 e. The maximum absolute atomic E-state index is 12.2. The number of carbonyl (C=O) groups is 2. The highest BCUT2D eigenvalue weighted by atomic mass is 16.2. The summed E-state index contributed by atoms with van der Waals surface area (Å²) in [4.78, 5) is 25.1. The van der Waals surface area contributed by atoms with Gasteiger partial charge in [0.2, 0.25) is 11.8 Å². The number of aromatic amines is 1. The largest absolute Gasteiger partial charge is 0.369 e. The van der Waals surface area contributed by atoms with Crippen LogP contribution in [0.25, 0.3) is 0 Å². The number of carbonyl (C=O) groups excluding carboxylic acids is 2. The lowest BCUT2D eigenvalue weighted by atomic mass is 9.96. The second-order valence-corrected chi connectivity index (χ2v) is 5.15. The summed E-state index contributed by atoms with van der Waals surface area (Å²) < 4.78 is 0. The molecule has 0 atom stereocenters. The number of nitrogens with two attached hydrogens (primary N) is 1. The number of hydrogen-bond donors (Lipinski definition) is 2. The quantitative estimate of drug-likeness (QED) is 0.822. The summed E-state index contributed by atoms with van der Waals surface area (Å²) in [7, 11) is 0. The minimum Gasteiger partial charge on any atom is -0.369 e. The fraction of sp³-hybridized carbons (Fsp3) is 0.615. The monoisotopic (exact) mass is 264 g/mol. The second kappa shape index (κ2) is 5.42. The van der Waals surface area contributed by atoms with Crippen LogP contribution in [0.1, 0.15) is 29.8 Å². The third kappa shape index (κ3) is 2.94. The van der Waals surface area contributed by atoms with E-state index in [-0.39, 0.29) is 17.7 Å². The molecule has 0 spiro atoms. The summed E-state index contributed by atoms with van der Waals surface area (Å²) in [6.07, 6.45) is 1.71. The zero-order valence-electron chi connectivity index (χ0n) is 11.4. The first-order chi connectivity index (χ1) is 8.99. The molecule has 6 heteroatoms. The molecular weight excluding hydrogens is 244 g/mol. The van der Waals surface area contributed by atoms with Crippen molar-refractivity contribution in [3.05, 3.63) is 17.0 Å². The second-order valence-electron chi connectivity index (χ2n) is 5.15. The van der Waals surface area contributed by atoms with Crippen molar-refractivity contribution in [1.29, 1.82) is 0 Å². The standard InChI is InChI=1S/C13H20N4O2/c1-8-11(9(2)16-15-8)7-12(18)17-5-3-10(4-6-17)13(14)19/h10H,3-7H2,1-2H3,(H2,14,19)(H,15,16). The summed E-state index contributed by atoms with van der Waals surface area (Å²) in [5.74, 6) is -0.245. The van der Waals surface area contributed by atoms with Crippen molar-refractivity contribution in [2.24, 2.45) is 11.7 Å². The lowest BCUT2D eigenvalue weighted by Gasteiger charge is -2.30. The average Bonchev–Trinajstić information content (AvgIpc) is 2.70. The van der Waals surface area contributed by atoms with E-state index in [1.165, 1.54) is 0 Å². The topological polar surface area (TPSA) is 92.1 Å². The molecule has 1 aliphatic heterocycles. The molecule has 1 fully saturated rings. The molecule has 1 saturated heterocycles. The van der Waals surface area contributed by atoms with Crippen LogP contribution in [0.2, 0.25) is 0 Å². The summed E-state index contributed by atoms with van der Waals surface area (Å²) >= 11 is 0. The predicted octanol–water partition coefficient (Wildman–Crippen LogP) is 0.293. The Morgan fingerprint density at radius 1 is 1.37 bits per heavy atom. The molecule has 2 rings (SSSR count). The van der Waals surface area contributed by atoms with Crippen LogP contribution in [-0.2, 0) is 16.0 Å². The Morgan fingerprint density at radius 3 is 2.47 bits per heavy atom. The van der Waals surface area contributed by atoms with Crippen molar-refractivity contribution < 1.29 is 9.59 Å². The molecule has 6 nitrogen and oxygen atoms in total. The van der Waals surface area contributed by atoms with Gasteiger partial charge >= 0.3 is 0 Å². The lowest BCUT2D eigenvalue weighted by molar-refractivity contribution is -0.134. The number of aromatic nitrogens is 2. The number of H-pyrrole nitrogens is 1. The van der Waals surface area contributed by atoms with Crippen molar-refractivity contribution in [1.82, 2.24) is 15.1 Å². The normalized spacial score (nSPS) is 16.6. The van der Waals surface area contributed by atoms with Gasteiger partial charge in [-0.15, -0.1) is 0 Å². The van der Waals surface area contributed by atoms with E-state index in [4.69, 9.17) is 5.73 Å². The number of rotatable bonds is 3. The zero-order valence-corrected chi connectivity index (χ0v) is 11.4. The smallest absolute Gasteiger partial charge is 0.227 e. The first-order valence-corrected chi connectivity index (χ1v) is 6.56. The predicted molar refractivity (Wildman–Crippen MR) is 70.3 cm³/mol. The van der Waals surface area contributed by atoms with Crippen LogP contribution in [0.4, 0.5) is 0 Å². The number of primary amides is 1. The molecule has 0 bridgehead atoms. The van der Waals surface area contributed by atoms with Gasteiger partial charge in [-0.25, -0.2) is 0 Å². The van der Waals surface area contributed by atoms with Gasteiger partial charge in [0.1, 0.15) is 0 Å². The van der Waals surface area contributed by atoms with Crippen molar-refractivity contribution >= 4 is 11.8 Å². The van der Waals surface area contributed by atoms with E-state index in [2.05, 4.69) is 10.2 Å². The first-order valence-electron chi connectivity index (χ1n) is 6.56. The van der Waals surface area contributed by atoms with Gasteiger partial charge in [-0.2, -0.15) is 5.10 Å². The Bertz CT molecular complexity index is 467. The SMILES string of the molecule is Cc1n[nH]c(C)c1CC(=O)N1CCC(C(N)=O)CC1. The number of aryl methyl sites for hydroxylation is 2. The van der Waals surface area contributed by atoms with E-state index in [0.29, 0.717) is 32.4 Å². The molecule has 2 amide bonds. The van der Waals surface area contributed by atoms with Crippen molar-refractivity contribution in [3.63, 3.8) is 0 Å². The first kappa shape index (κ1) is 13.6. The van der Waals surface area contributed by atoms with Gasteiger partial charge in [0.15, 0.2) is 0 Å². The molecule has 0 radical (unpaired) electrons. The fourth-order valence-electron chi connectivity index (χ4n) is 2.51. The van der Waals surface area contributed by atoms with Gasteiger partial charge in [0.05, 0.1) is 12.1 Å². The highest BCUT2D eigenvalue weighted by Crippen LogP contribution is 2.18. The number of likely N-dealkylation sites (tertiary alicyclic amines) is 1. The highest BCUT2D eigenvalue weighted by Gasteiger charge is 2.26. The Morgan fingerprint density at radius 2 is 2.00 bits per heavy atom. The molecule has 1 aliphatic rings. The molecule has 2 heterocycles. The van der Waals surface area contributed by atoms with Crippen LogP contribution in [-0.4, -0.2) is 40.0 Å². The summed E-state index contributed by atoms with van der Waals surface area (Å²) in [6, 6.07) is 0. The van der Waals surface area contributed by atoms with Crippen molar-refractivity contribution in [2.75, 3.05) is 13.1 Å². The number of nitrogens with zero attached hydrogens (tertiary/aromatic N) is 2. The lowest BCUT2D eigenvalue weighted by Crippen LogP contribution is -2.42. The third-order valence-electron chi connectivity index (χ3n) is 3.86. The van der Waals surface area contributed by atoms with E-state index in [9.17, 15) is 9.59 Å². The van der Waals surface area contributed by atoms with Crippen molar-refractivity contribution in [2.45, 2.75) is 33.1 Å². The van der Waals surface area contributed by atoms with Gasteiger partial charge in [-0.05, 0) is 26.7 Å². The fourth-order valence-corrected chi connectivity index (χ4v) is 2.51. The van der Waals surface area contributed by atoms with Crippen LogP contribution < -0.4 is 5.73 Å². The minimum atomic E-state index is -0.256. The van der Waals surface area contributed by atoms with Gasteiger partial charge in [-0.3, -0.25) is 14.7 Å². The minimum absolute atomic E-state index is 0.0820. The number of amides is 2. The maximum atomic E-state index is 12.2. The Labute approximate surface area is 112 Å². The van der Waals surface area contributed by atoms with Crippen molar-refractivity contribution in [3.8, 4) is 0 Å². The molecule has 0 unspecified atom stereocenters. The summed E-state index contributed by atoms with van der Waals surface area (Å²) in [5, 5.41) is 6.98. The van der Waals surface area contributed by atoms with Crippen LogP contribution in [0, 0.1) is 19.8 Å². The number of nitrogens with one attached hydrogen (secondary N) is 1. The summed E-state index contributed by atoms with van der Waals surface area (Å²) in [5.41, 5.74) is 8.07. The molecule has 1 aromatic rings. The molecule has 0 aromatic carbocycles. The molecule has 0 saturated carbocycles. The van der Waals surface area contributed by atoms with E-state index in [1.807, 2.05) is 18.7 Å². The number of piperidine rings is 1. The van der Waals surface area contributed by atoms with Crippen LogP contribution in [0.3, 0.4) is 0 Å². The van der Waals surface area contributed by atoms with Gasteiger partial charge in [0, 0.05) is 30.3 Å². The molecule has 104 valence electrons. The van der Waals surface area contributed by atoms with Gasteiger partial charge in [0.25, 0.3) is 0 Å². The highest BCUT2D eigenvalue weighted by molar-refractivity contribution is 5.80. The van der Waals surface area contributed by atoms with E-state index in [0.717, 1.165) is 17.0 Å². The average molecular weight is 264 g/mol. The van der Waals surface area contributed by atoms with Crippen LogP contribution in [0.5, 0.6) is 0 Å². The molecular formula is C13H20N4O2. The zero-order chi connectivity index (χ0) is 14.0. The summed E-state index contributed by atoms with van der Waals surface area (Å²) in [6.45, 7) is 5.04. The molecule has 1 aromatic heterocycles. The Hall–Kier alpha value is -1.85. The number of hydrogen-bond acceptors (Lipinski definition) is 3. The van der Waals surface area contributed by atoms with Gasteiger partial charge < -0.3 is 10.6 Å².